The molecule has 1 heterocycles. The lowest BCUT2D eigenvalue weighted by atomic mass is 10.0. The van der Waals surface area contributed by atoms with Crippen molar-refractivity contribution in [1.29, 1.82) is 0 Å². The Morgan fingerprint density at radius 2 is 2.15 bits per heavy atom. The third-order valence-corrected chi connectivity index (χ3v) is 3.60. The van der Waals surface area contributed by atoms with Gasteiger partial charge in [-0.3, -0.25) is 0 Å². The maximum atomic E-state index is 12.3. The van der Waals surface area contributed by atoms with Gasteiger partial charge in [0.15, 0.2) is 0 Å². The molecule has 1 aromatic carbocycles. The molecule has 2 rings (SSSR count). The van der Waals surface area contributed by atoms with Crippen LogP contribution in [0.2, 0.25) is 5.02 Å². The molecule has 1 aliphatic heterocycles. The van der Waals surface area contributed by atoms with E-state index in [4.69, 9.17) is 22.1 Å². The topological polar surface area (TPSA) is 55.6 Å². The maximum absolute atomic E-state index is 12.3. The van der Waals surface area contributed by atoms with Gasteiger partial charge in [-0.15, -0.1) is 0 Å². The minimum absolute atomic E-state index is 0.0548. The van der Waals surface area contributed by atoms with E-state index in [1.807, 2.05) is 26.8 Å². The van der Waals surface area contributed by atoms with Crippen LogP contribution in [0.1, 0.15) is 45.2 Å². The summed E-state index contributed by atoms with van der Waals surface area (Å²) in [4.78, 5) is 14.0. The van der Waals surface area contributed by atoms with E-state index < -0.39 is 5.60 Å². The van der Waals surface area contributed by atoms with Gasteiger partial charge in [-0.05, 0) is 57.4 Å². The minimum atomic E-state index is -0.496. The molecule has 110 valence electrons. The number of nitrogens with two attached hydrogens (primary N) is 1. The minimum Gasteiger partial charge on any atom is -0.444 e. The van der Waals surface area contributed by atoms with Crippen LogP contribution in [0.4, 0.5) is 10.5 Å². The van der Waals surface area contributed by atoms with Crippen molar-refractivity contribution in [1.82, 2.24) is 4.90 Å². The zero-order valence-corrected chi connectivity index (χ0v) is 12.9. The van der Waals surface area contributed by atoms with Gasteiger partial charge < -0.3 is 15.4 Å². The summed E-state index contributed by atoms with van der Waals surface area (Å²) < 4.78 is 5.46. The highest BCUT2D eigenvalue weighted by Gasteiger charge is 2.34. The molecular formula is C15H21ClN2O2. The van der Waals surface area contributed by atoms with Gasteiger partial charge in [-0.1, -0.05) is 11.6 Å². The number of rotatable bonds is 1. The predicted octanol–water partition coefficient (Wildman–Crippen LogP) is 3.99. The Kier molecular flexibility index (Phi) is 4.14. The molecule has 0 aliphatic carbocycles. The zero-order chi connectivity index (χ0) is 14.9. The summed E-state index contributed by atoms with van der Waals surface area (Å²) in [5.74, 6) is 0. The number of halogens is 1. The number of amides is 1. The van der Waals surface area contributed by atoms with Crippen molar-refractivity contribution in [3.63, 3.8) is 0 Å². The van der Waals surface area contributed by atoms with Crippen LogP contribution in [-0.4, -0.2) is 23.1 Å². The Balaban J connectivity index is 2.23. The molecule has 0 aromatic heterocycles. The lowest BCUT2D eigenvalue weighted by Gasteiger charge is -2.29. The molecule has 4 nitrogen and oxygen atoms in total. The average molecular weight is 297 g/mol. The first-order valence-electron chi connectivity index (χ1n) is 6.82. The number of benzene rings is 1. The van der Waals surface area contributed by atoms with Crippen molar-refractivity contribution in [2.45, 2.75) is 45.3 Å². The molecule has 1 saturated heterocycles. The molecule has 1 aromatic rings. The number of hydrogen-bond donors (Lipinski definition) is 1. The van der Waals surface area contributed by atoms with Crippen LogP contribution in [0.5, 0.6) is 0 Å². The molecule has 1 aliphatic rings. The van der Waals surface area contributed by atoms with Crippen LogP contribution in [0, 0.1) is 0 Å². The second kappa shape index (κ2) is 5.52. The van der Waals surface area contributed by atoms with E-state index in [1.54, 1.807) is 17.0 Å². The Morgan fingerprint density at radius 3 is 2.80 bits per heavy atom. The van der Waals surface area contributed by atoms with Crippen molar-refractivity contribution in [3.05, 3.63) is 28.8 Å². The SMILES string of the molecule is CC(C)(C)OC(=O)N1CCCC1c1cc(N)ccc1Cl. The van der Waals surface area contributed by atoms with Gasteiger partial charge in [0, 0.05) is 17.3 Å². The lowest BCUT2D eigenvalue weighted by molar-refractivity contribution is 0.0224. The Bertz CT molecular complexity index is 511. The highest BCUT2D eigenvalue weighted by atomic mass is 35.5. The van der Waals surface area contributed by atoms with Crippen LogP contribution < -0.4 is 5.73 Å². The third kappa shape index (κ3) is 3.37. The van der Waals surface area contributed by atoms with Gasteiger partial charge in [-0.25, -0.2) is 4.79 Å². The summed E-state index contributed by atoms with van der Waals surface area (Å²) in [5, 5.41) is 0.639. The normalized spacial score (nSPS) is 19.2. The van der Waals surface area contributed by atoms with Gasteiger partial charge >= 0.3 is 6.09 Å². The van der Waals surface area contributed by atoms with E-state index in [9.17, 15) is 4.79 Å². The Hall–Kier alpha value is -1.42. The predicted molar refractivity (Wildman–Crippen MR) is 80.8 cm³/mol. The lowest BCUT2D eigenvalue weighted by Crippen LogP contribution is -2.36. The van der Waals surface area contributed by atoms with E-state index in [1.165, 1.54) is 0 Å². The van der Waals surface area contributed by atoms with Crippen molar-refractivity contribution < 1.29 is 9.53 Å². The molecule has 0 bridgehead atoms. The quantitative estimate of drug-likeness (QED) is 0.797. The number of anilines is 1. The summed E-state index contributed by atoms with van der Waals surface area (Å²) in [6, 6.07) is 5.33. The fourth-order valence-corrected chi connectivity index (χ4v) is 2.69. The number of hydrogen-bond acceptors (Lipinski definition) is 3. The number of likely N-dealkylation sites (tertiary alicyclic amines) is 1. The second-order valence-corrected chi connectivity index (χ2v) is 6.52. The molecule has 5 heteroatoms. The van der Waals surface area contributed by atoms with E-state index in [0.29, 0.717) is 17.3 Å². The first kappa shape index (κ1) is 15.0. The van der Waals surface area contributed by atoms with Gasteiger partial charge in [0.1, 0.15) is 5.60 Å². The van der Waals surface area contributed by atoms with Gasteiger partial charge in [0.25, 0.3) is 0 Å². The van der Waals surface area contributed by atoms with Crippen LogP contribution in [0.25, 0.3) is 0 Å². The van der Waals surface area contributed by atoms with Crippen LogP contribution in [0.15, 0.2) is 18.2 Å². The number of ether oxygens (including phenoxy) is 1. The highest BCUT2D eigenvalue weighted by Crippen LogP contribution is 2.37. The first-order chi connectivity index (χ1) is 9.28. The second-order valence-electron chi connectivity index (χ2n) is 6.11. The summed E-state index contributed by atoms with van der Waals surface area (Å²) >= 11 is 6.25. The molecular weight excluding hydrogens is 276 g/mol. The van der Waals surface area contributed by atoms with Gasteiger partial charge in [-0.2, -0.15) is 0 Å². The largest absolute Gasteiger partial charge is 0.444 e. The zero-order valence-electron chi connectivity index (χ0n) is 12.1. The molecule has 1 amide bonds. The highest BCUT2D eigenvalue weighted by molar-refractivity contribution is 6.31. The molecule has 1 fully saturated rings. The summed E-state index contributed by atoms with van der Waals surface area (Å²) in [5.41, 5.74) is 6.88. The van der Waals surface area contributed by atoms with Crippen LogP contribution in [-0.2, 0) is 4.74 Å². The summed E-state index contributed by atoms with van der Waals surface area (Å²) in [6.45, 7) is 6.28. The molecule has 20 heavy (non-hydrogen) atoms. The van der Waals surface area contributed by atoms with Crippen molar-refractivity contribution in [2.24, 2.45) is 0 Å². The Labute approximate surface area is 124 Å². The van der Waals surface area contributed by atoms with Crippen LogP contribution >= 0.6 is 11.6 Å². The van der Waals surface area contributed by atoms with E-state index >= 15 is 0 Å². The number of carbonyl (C=O) groups excluding carboxylic acids is 1. The van der Waals surface area contributed by atoms with Gasteiger partial charge in [0.05, 0.1) is 6.04 Å². The summed E-state index contributed by atoms with van der Waals surface area (Å²) in [6.07, 6.45) is 1.52. The first-order valence-corrected chi connectivity index (χ1v) is 7.20. The average Bonchev–Trinajstić information content (AvgIpc) is 2.79. The Morgan fingerprint density at radius 1 is 1.45 bits per heavy atom. The van der Waals surface area contributed by atoms with E-state index in [2.05, 4.69) is 0 Å². The molecule has 1 atom stereocenters. The number of nitrogen functional groups attached to an aromatic ring is 1. The van der Waals surface area contributed by atoms with Gasteiger partial charge in [0.2, 0.25) is 0 Å². The van der Waals surface area contributed by atoms with Crippen molar-refractivity contribution in [3.8, 4) is 0 Å². The molecule has 0 saturated carbocycles. The number of nitrogens with zero attached hydrogens (tertiary/aromatic N) is 1. The monoisotopic (exact) mass is 296 g/mol. The fraction of sp³-hybridized carbons (Fsp3) is 0.533. The van der Waals surface area contributed by atoms with Crippen LogP contribution in [0.3, 0.4) is 0 Å². The fourth-order valence-electron chi connectivity index (χ4n) is 2.45. The smallest absolute Gasteiger partial charge is 0.410 e. The number of carbonyl (C=O) groups is 1. The summed E-state index contributed by atoms with van der Waals surface area (Å²) in [7, 11) is 0. The molecule has 0 spiro atoms. The van der Waals surface area contributed by atoms with E-state index in [0.717, 1.165) is 18.4 Å². The standard InChI is InChI=1S/C15H21ClN2O2/c1-15(2,3)20-14(19)18-8-4-5-13(18)11-9-10(17)6-7-12(11)16/h6-7,9,13H,4-5,8,17H2,1-3H3. The maximum Gasteiger partial charge on any atom is 0.410 e. The third-order valence-electron chi connectivity index (χ3n) is 3.26. The molecule has 2 N–H and O–H groups in total. The van der Waals surface area contributed by atoms with Crippen molar-refractivity contribution in [2.75, 3.05) is 12.3 Å². The molecule has 1 unspecified atom stereocenters. The molecule has 0 radical (unpaired) electrons. The van der Waals surface area contributed by atoms with E-state index in [-0.39, 0.29) is 12.1 Å². The van der Waals surface area contributed by atoms with Crippen molar-refractivity contribution >= 4 is 23.4 Å².